The van der Waals surface area contributed by atoms with Gasteiger partial charge in [-0.25, -0.2) is 9.18 Å². The van der Waals surface area contributed by atoms with Crippen LogP contribution < -0.4 is 10.1 Å². The number of carbonyl (C=O) groups excluding carboxylic acids is 2. The summed E-state index contributed by atoms with van der Waals surface area (Å²) in [4.78, 5) is 26.0. The molecule has 8 heteroatoms. The second-order valence-corrected chi connectivity index (χ2v) is 8.71. The lowest BCUT2D eigenvalue weighted by molar-refractivity contribution is -0.123. The van der Waals surface area contributed by atoms with Crippen molar-refractivity contribution in [3.8, 4) is 5.75 Å². The summed E-state index contributed by atoms with van der Waals surface area (Å²) < 4.78 is 19.8. The van der Waals surface area contributed by atoms with Crippen LogP contribution in [0.25, 0.3) is 6.08 Å². The van der Waals surface area contributed by atoms with Gasteiger partial charge in [-0.05, 0) is 81.8 Å². The zero-order chi connectivity index (χ0) is 22.7. The fourth-order valence-corrected chi connectivity index (χ4v) is 3.94. The number of halogens is 3. The van der Waals surface area contributed by atoms with Gasteiger partial charge in [0.1, 0.15) is 23.9 Å². The predicted molar refractivity (Wildman–Crippen MR) is 128 cm³/mol. The van der Waals surface area contributed by atoms with Crippen LogP contribution in [0.4, 0.5) is 9.18 Å². The van der Waals surface area contributed by atoms with Crippen LogP contribution in [0.5, 0.6) is 5.75 Å². The van der Waals surface area contributed by atoms with E-state index in [1.807, 2.05) is 42.5 Å². The molecule has 0 aromatic heterocycles. The van der Waals surface area contributed by atoms with Crippen molar-refractivity contribution in [3.05, 3.63) is 104 Å². The van der Waals surface area contributed by atoms with Gasteiger partial charge in [-0.15, -0.1) is 0 Å². The van der Waals surface area contributed by atoms with Gasteiger partial charge in [0.15, 0.2) is 0 Å². The average Bonchev–Trinajstić information content (AvgIpc) is 3.03. The quantitative estimate of drug-likeness (QED) is 0.236. The highest BCUT2D eigenvalue weighted by atomic mass is 127. The first-order valence-corrected chi connectivity index (χ1v) is 11.1. The molecule has 0 unspecified atom stereocenters. The highest BCUT2D eigenvalue weighted by Gasteiger charge is 2.33. The molecule has 1 N–H and O–H groups in total. The van der Waals surface area contributed by atoms with Crippen molar-refractivity contribution in [2.24, 2.45) is 0 Å². The van der Waals surface area contributed by atoms with E-state index in [1.54, 1.807) is 18.2 Å². The van der Waals surface area contributed by atoms with E-state index in [9.17, 15) is 14.0 Å². The molecule has 0 radical (unpaired) electrons. The second kappa shape index (κ2) is 9.70. The SMILES string of the molecule is O=C1N/C(=C/c2ccc(OCc3ccc(Cl)cc3)c(I)c2)C(=O)N1Cc1ccc(F)cc1. The summed E-state index contributed by atoms with van der Waals surface area (Å²) in [7, 11) is 0. The predicted octanol–water partition coefficient (Wildman–Crippen LogP) is 5.76. The molecule has 3 aromatic carbocycles. The molecule has 1 aliphatic rings. The van der Waals surface area contributed by atoms with Crippen molar-refractivity contribution in [3.63, 3.8) is 0 Å². The minimum atomic E-state index is -0.511. The van der Waals surface area contributed by atoms with Gasteiger partial charge in [0, 0.05) is 5.02 Å². The highest BCUT2D eigenvalue weighted by molar-refractivity contribution is 14.1. The standard InChI is InChI=1S/C24H17ClFIN2O3/c25-18-6-1-16(2-7-18)14-32-22-10-5-17(11-20(22)27)12-21-23(30)29(24(31)28-21)13-15-3-8-19(26)9-4-15/h1-12H,13-14H2,(H,28,31)/b21-12+. The van der Waals surface area contributed by atoms with Crippen LogP contribution in [-0.2, 0) is 17.9 Å². The van der Waals surface area contributed by atoms with E-state index < -0.39 is 11.9 Å². The molecule has 3 amide bonds. The van der Waals surface area contributed by atoms with Crippen LogP contribution in [-0.4, -0.2) is 16.8 Å². The van der Waals surface area contributed by atoms with Gasteiger partial charge < -0.3 is 10.1 Å². The average molecular weight is 563 g/mol. The summed E-state index contributed by atoms with van der Waals surface area (Å²) in [5.74, 6) is -0.0958. The molecule has 0 aliphatic carbocycles. The lowest BCUT2D eigenvalue weighted by Crippen LogP contribution is -2.30. The van der Waals surface area contributed by atoms with Crippen molar-refractivity contribution in [2.45, 2.75) is 13.2 Å². The maximum atomic E-state index is 13.1. The number of rotatable bonds is 6. The number of amides is 3. The van der Waals surface area contributed by atoms with Gasteiger partial charge in [-0.2, -0.15) is 0 Å². The van der Waals surface area contributed by atoms with Crippen LogP contribution in [0.15, 0.2) is 72.4 Å². The number of carbonyl (C=O) groups is 2. The molecule has 0 spiro atoms. The molecular weight excluding hydrogens is 546 g/mol. The topological polar surface area (TPSA) is 58.6 Å². The Bertz CT molecular complexity index is 1200. The van der Waals surface area contributed by atoms with Gasteiger partial charge in [0.25, 0.3) is 5.91 Å². The number of urea groups is 1. The number of benzene rings is 3. The first-order chi connectivity index (χ1) is 15.4. The Hall–Kier alpha value is -2.91. The van der Waals surface area contributed by atoms with Crippen molar-refractivity contribution < 1.29 is 18.7 Å². The first kappa shape index (κ1) is 22.3. The Morgan fingerprint density at radius 1 is 1.00 bits per heavy atom. The number of imide groups is 1. The molecule has 3 aromatic rings. The smallest absolute Gasteiger partial charge is 0.329 e. The van der Waals surface area contributed by atoms with E-state index in [1.165, 1.54) is 12.1 Å². The Morgan fingerprint density at radius 3 is 2.38 bits per heavy atom. The van der Waals surface area contributed by atoms with Crippen LogP contribution in [0.3, 0.4) is 0 Å². The monoisotopic (exact) mass is 562 g/mol. The molecule has 0 atom stereocenters. The van der Waals surface area contributed by atoms with Gasteiger partial charge in [0.2, 0.25) is 0 Å². The van der Waals surface area contributed by atoms with Crippen LogP contribution in [0.2, 0.25) is 5.02 Å². The van der Waals surface area contributed by atoms with E-state index in [0.29, 0.717) is 22.9 Å². The number of ether oxygens (including phenoxy) is 1. The fourth-order valence-electron chi connectivity index (χ4n) is 3.12. The van der Waals surface area contributed by atoms with Crippen molar-refractivity contribution in [1.82, 2.24) is 10.2 Å². The third-order valence-corrected chi connectivity index (χ3v) is 5.89. The van der Waals surface area contributed by atoms with E-state index in [0.717, 1.165) is 19.6 Å². The summed E-state index contributed by atoms with van der Waals surface area (Å²) in [6, 6.07) is 18.1. The summed E-state index contributed by atoms with van der Waals surface area (Å²) in [5, 5.41) is 3.27. The molecule has 0 saturated carbocycles. The molecule has 32 heavy (non-hydrogen) atoms. The second-order valence-electron chi connectivity index (χ2n) is 7.11. The zero-order valence-corrected chi connectivity index (χ0v) is 19.6. The fraction of sp³-hybridized carbons (Fsp3) is 0.0833. The number of nitrogens with one attached hydrogen (secondary N) is 1. The van der Waals surface area contributed by atoms with E-state index in [4.69, 9.17) is 16.3 Å². The molecule has 1 fully saturated rings. The van der Waals surface area contributed by atoms with Gasteiger partial charge in [-0.3, -0.25) is 9.69 Å². The maximum Gasteiger partial charge on any atom is 0.329 e. The Labute approximate surface area is 203 Å². The third kappa shape index (κ3) is 5.28. The lowest BCUT2D eigenvalue weighted by atomic mass is 10.1. The Morgan fingerprint density at radius 2 is 1.69 bits per heavy atom. The Kier molecular flexibility index (Phi) is 6.76. The van der Waals surface area contributed by atoms with Crippen molar-refractivity contribution in [1.29, 1.82) is 0 Å². The molecule has 0 bridgehead atoms. The normalized spacial score (nSPS) is 14.7. The maximum absolute atomic E-state index is 13.1. The van der Waals surface area contributed by atoms with Crippen LogP contribution in [0.1, 0.15) is 16.7 Å². The first-order valence-electron chi connectivity index (χ1n) is 9.65. The number of hydrogen-bond acceptors (Lipinski definition) is 3. The summed E-state index contributed by atoms with van der Waals surface area (Å²) in [6.45, 7) is 0.470. The zero-order valence-electron chi connectivity index (χ0n) is 16.6. The minimum absolute atomic E-state index is 0.0668. The lowest BCUT2D eigenvalue weighted by Gasteiger charge is -2.11. The molecule has 1 aliphatic heterocycles. The minimum Gasteiger partial charge on any atom is -0.488 e. The summed E-state index contributed by atoms with van der Waals surface area (Å²) in [5.41, 5.74) is 2.59. The van der Waals surface area contributed by atoms with Crippen molar-refractivity contribution >= 4 is 52.2 Å². The molecule has 4 rings (SSSR count). The third-order valence-electron chi connectivity index (χ3n) is 4.79. The van der Waals surface area contributed by atoms with Crippen LogP contribution >= 0.6 is 34.2 Å². The van der Waals surface area contributed by atoms with Crippen molar-refractivity contribution in [2.75, 3.05) is 0 Å². The molecule has 5 nitrogen and oxygen atoms in total. The van der Waals surface area contributed by atoms with E-state index in [-0.39, 0.29) is 18.1 Å². The molecular formula is C24H17ClFIN2O3. The summed E-state index contributed by atoms with van der Waals surface area (Å²) >= 11 is 8.06. The molecule has 162 valence electrons. The van der Waals surface area contributed by atoms with Gasteiger partial charge in [0.05, 0.1) is 10.1 Å². The van der Waals surface area contributed by atoms with Gasteiger partial charge >= 0.3 is 6.03 Å². The highest BCUT2D eigenvalue weighted by Crippen LogP contribution is 2.25. The largest absolute Gasteiger partial charge is 0.488 e. The van der Waals surface area contributed by atoms with Crippen LogP contribution in [0, 0.1) is 9.39 Å². The molecule has 1 heterocycles. The van der Waals surface area contributed by atoms with E-state index in [2.05, 4.69) is 27.9 Å². The Balaban J connectivity index is 1.44. The van der Waals surface area contributed by atoms with E-state index >= 15 is 0 Å². The number of nitrogens with zero attached hydrogens (tertiary/aromatic N) is 1. The summed E-state index contributed by atoms with van der Waals surface area (Å²) in [6.07, 6.45) is 1.62. The number of hydrogen-bond donors (Lipinski definition) is 1. The van der Waals surface area contributed by atoms with Gasteiger partial charge in [-0.1, -0.05) is 41.9 Å². The molecule has 1 saturated heterocycles.